The highest BCUT2D eigenvalue weighted by atomic mass is 79.9. The molecular weight excluding hydrogens is 342 g/mol. The van der Waals surface area contributed by atoms with Crippen LogP contribution in [-0.2, 0) is 15.6 Å². The highest BCUT2D eigenvalue weighted by Gasteiger charge is 2.16. The van der Waals surface area contributed by atoms with Gasteiger partial charge in [-0.25, -0.2) is 8.42 Å². The lowest BCUT2D eigenvalue weighted by Crippen LogP contribution is -2.05. The number of ether oxygens (including phenoxy) is 1. The predicted octanol–water partition coefficient (Wildman–Crippen LogP) is 3.01. The van der Waals surface area contributed by atoms with Crippen LogP contribution in [0.25, 0.3) is 0 Å². The molecule has 20 heavy (non-hydrogen) atoms. The van der Waals surface area contributed by atoms with Crippen molar-refractivity contribution >= 4 is 31.5 Å². The SMILES string of the molecule is COc1cccc(S(=O)(=O)Cc2ccc(Br)c(N)c2)c1. The Morgan fingerprint density at radius 1 is 1.20 bits per heavy atom. The molecule has 0 saturated carbocycles. The molecular formula is C14H14BrNO3S. The zero-order valence-electron chi connectivity index (χ0n) is 10.8. The number of hydrogen-bond donors (Lipinski definition) is 1. The number of halogens is 1. The lowest BCUT2D eigenvalue weighted by atomic mass is 10.2. The fourth-order valence-corrected chi connectivity index (χ4v) is 3.39. The van der Waals surface area contributed by atoms with Gasteiger partial charge in [0.25, 0.3) is 0 Å². The Morgan fingerprint density at radius 3 is 2.60 bits per heavy atom. The molecule has 0 spiro atoms. The van der Waals surface area contributed by atoms with E-state index in [4.69, 9.17) is 10.5 Å². The number of rotatable bonds is 4. The lowest BCUT2D eigenvalue weighted by Gasteiger charge is -2.08. The third kappa shape index (κ3) is 3.32. The Labute approximate surface area is 126 Å². The molecule has 0 atom stereocenters. The first kappa shape index (κ1) is 14.9. The summed E-state index contributed by atoms with van der Waals surface area (Å²) in [5.74, 6) is 0.416. The number of anilines is 1. The van der Waals surface area contributed by atoms with Crippen molar-refractivity contribution in [3.63, 3.8) is 0 Å². The Bertz CT molecular complexity index is 729. The maximum absolute atomic E-state index is 12.4. The van der Waals surface area contributed by atoms with Gasteiger partial charge in [0, 0.05) is 10.2 Å². The van der Waals surface area contributed by atoms with Crippen molar-refractivity contribution in [3.8, 4) is 5.75 Å². The molecule has 0 bridgehead atoms. The second kappa shape index (κ2) is 5.85. The monoisotopic (exact) mass is 355 g/mol. The largest absolute Gasteiger partial charge is 0.497 e. The van der Waals surface area contributed by atoms with E-state index < -0.39 is 9.84 Å². The van der Waals surface area contributed by atoms with Crippen LogP contribution in [0.5, 0.6) is 5.75 Å². The third-order valence-corrected chi connectivity index (χ3v) is 5.23. The fourth-order valence-electron chi connectivity index (χ4n) is 1.78. The second-order valence-electron chi connectivity index (χ2n) is 4.29. The minimum atomic E-state index is -3.43. The molecule has 0 aliphatic heterocycles. The number of hydrogen-bond acceptors (Lipinski definition) is 4. The zero-order chi connectivity index (χ0) is 14.8. The first-order valence-corrected chi connectivity index (χ1v) is 8.27. The van der Waals surface area contributed by atoms with Crippen LogP contribution in [0.15, 0.2) is 51.8 Å². The first-order valence-electron chi connectivity index (χ1n) is 5.83. The van der Waals surface area contributed by atoms with Crippen molar-refractivity contribution in [2.75, 3.05) is 12.8 Å². The molecule has 0 amide bonds. The summed E-state index contributed by atoms with van der Waals surface area (Å²) < 4.78 is 30.5. The maximum atomic E-state index is 12.4. The number of benzene rings is 2. The van der Waals surface area contributed by atoms with Crippen molar-refractivity contribution in [3.05, 3.63) is 52.5 Å². The maximum Gasteiger partial charge on any atom is 0.182 e. The normalized spacial score (nSPS) is 11.3. The Kier molecular flexibility index (Phi) is 4.35. The number of sulfone groups is 1. The molecule has 0 heterocycles. The molecule has 2 aromatic carbocycles. The smallest absolute Gasteiger partial charge is 0.182 e. The number of nitrogens with two attached hydrogens (primary N) is 1. The van der Waals surface area contributed by atoms with E-state index in [0.29, 0.717) is 17.0 Å². The first-order chi connectivity index (χ1) is 9.42. The van der Waals surface area contributed by atoms with Gasteiger partial charge in [0.05, 0.1) is 17.8 Å². The molecule has 0 radical (unpaired) electrons. The highest BCUT2D eigenvalue weighted by molar-refractivity contribution is 9.10. The molecule has 0 aliphatic rings. The zero-order valence-corrected chi connectivity index (χ0v) is 13.2. The second-order valence-corrected chi connectivity index (χ2v) is 7.14. The molecule has 0 aromatic heterocycles. The van der Waals surface area contributed by atoms with Crippen molar-refractivity contribution < 1.29 is 13.2 Å². The van der Waals surface area contributed by atoms with E-state index in [-0.39, 0.29) is 10.6 Å². The Balaban J connectivity index is 2.32. The molecule has 6 heteroatoms. The van der Waals surface area contributed by atoms with Gasteiger partial charge in [-0.15, -0.1) is 0 Å². The molecule has 0 fully saturated rings. The summed E-state index contributed by atoms with van der Waals surface area (Å²) in [6.45, 7) is 0. The molecule has 0 unspecified atom stereocenters. The van der Waals surface area contributed by atoms with Gasteiger partial charge in [-0.2, -0.15) is 0 Å². The summed E-state index contributed by atoms with van der Waals surface area (Å²) in [4.78, 5) is 0.235. The molecule has 2 N–H and O–H groups in total. The van der Waals surface area contributed by atoms with Gasteiger partial charge in [0.15, 0.2) is 9.84 Å². The summed E-state index contributed by atoms with van der Waals surface area (Å²) in [5.41, 5.74) is 6.93. The minimum absolute atomic E-state index is 0.0996. The summed E-state index contributed by atoms with van der Waals surface area (Å²) in [7, 11) is -1.93. The fraction of sp³-hybridized carbons (Fsp3) is 0.143. The minimum Gasteiger partial charge on any atom is -0.497 e. The van der Waals surface area contributed by atoms with Gasteiger partial charge in [-0.05, 0) is 51.8 Å². The van der Waals surface area contributed by atoms with E-state index in [0.717, 1.165) is 4.47 Å². The lowest BCUT2D eigenvalue weighted by molar-refractivity contribution is 0.413. The van der Waals surface area contributed by atoms with E-state index in [1.165, 1.54) is 13.2 Å². The van der Waals surface area contributed by atoms with Gasteiger partial charge in [0.2, 0.25) is 0 Å². The van der Waals surface area contributed by atoms with E-state index in [1.807, 2.05) is 0 Å². The van der Waals surface area contributed by atoms with E-state index in [2.05, 4.69) is 15.9 Å². The highest BCUT2D eigenvalue weighted by Crippen LogP contribution is 2.24. The van der Waals surface area contributed by atoms with Crippen LogP contribution in [0.2, 0.25) is 0 Å². The van der Waals surface area contributed by atoms with Crippen molar-refractivity contribution in [1.29, 1.82) is 0 Å². The Hall–Kier alpha value is -1.53. The van der Waals surface area contributed by atoms with E-state index in [9.17, 15) is 8.42 Å². The van der Waals surface area contributed by atoms with Crippen molar-refractivity contribution in [2.45, 2.75) is 10.6 Å². The topological polar surface area (TPSA) is 69.4 Å². The molecule has 0 aliphatic carbocycles. The predicted molar refractivity (Wildman–Crippen MR) is 82.4 cm³/mol. The van der Waals surface area contributed by atoms with E-state index >= 15 is 0 Å². The number of methoxy groups -OCH3 is 1. The summed E-state index contributed by atoms with van der Waals surface area (Å²) in [6, 6.07) is 11.6. The van der Waals surface area contributed by atoms with Crippen molar-refractivity contribution in [1.82, 2.24) is 0 Å². The van der Waals surface area contributed by atoms with Gasteiger partial charge in [0.1, 0.15) is 5.75 Å². The summed E-state index contributed by atoms with van der Waals surface area (Å²) in [6.07, 6.45) is 0. The average Bonchev–Trinajstić information content (AvgIpc) is 2.43. The molecule has 4 nitrogen and oxygen atoms in total. The summed E-state index contributed by atoms with van der Waals surface area (Å²) >= 11 is 3.28. The van der Waals surface area contributed by atoms with Gasteiger partial charge in [-0.1, -0.05) is 12.1 Å². The standard InChI is InChI=1S/C14H14BrNO3S/c1-19-11-3-2-4-12(8-11)20(17,18)9-10-5-6-13(15)14(16)7-10/h2-8H,9,16H2,1H3. The third-order valence-electron chi connectivity index (χ3n) is 2.82. The van der Waals surface area contributed by atoms with Gasteiger partial charge in [-0.3, -0.25) is 0 Å². The molecule has 2 aromatic rings. The average molecular weight is 356 g/mol. The van der Waals surface area contributed by atoms with Crippen LogP contribution >= 0.6 is 15.9 Å². The summed E-state index contributed by atoms with van der Waals surface area (Å²) in [5, 5.41) is 0. The molecule has 0 saturated heterocycles. The molecule has 106 valence electrons. The van der Waals surface area contributed by atoms with E-state index in [1.54, 1.807) is 36.4 Å². The van der Waals surface area contributed by atoms with Crippen molar-refractivity contribution in [2.24, 2.45) is 0 Å². The quantitative estimate of drug-likeness (QED) is 0.855. The van der Waals surface area contributed by atoms with Gasteiger partial charge < -0.3 is 10.5 Å². The van der Waals surface area contributed by atoms with Crippen LogP contribution in [0.3, 0.4) is 0 Å². The van der Waals surface area contributed by atoms with Crippen LogP contribution in [0, 0.1) is 0 Å². The number of nitrogen functional groups attached to an aromatic ring is 1. The van der Waals surface area contributed by atoms with Crippen LogP contribution in [0.4, 0.5) is 5.69 Å². The van der Waals surface area contributed by atoms with Crippen LogP contribution in [-0.4, -0.2) is 15.5 Å². The molecule has 2 rings (SSSR count). The van der Waals surface area contributed by atoms with Crippen LogP contribution in [0.1, 0.15) is 5.56 Å². The van der Waals surface area contributed by atoms with Crippen LogP contribution < -0.4 is 10.5 Å². The van der Waals surface area contributed by atoms with Gasteiger partial charge >= 0.3 is 0 Å². The Morgan fingerprint density at radius 2 is 1.95 bits per heavy atom.